The largest absolute Gasteiger partial charge is 0.491 e. The second-order valence-electron chi connectivity index (χ2n) is 6.63. The van der Waals surface area contributed by atoms with Gasteiger partial charge in [-0.15, -0.1) is 0 Å². The zero-order valence-electron chi connectivity index (χ0n) is 15.0. The van der Waals surface area contributed by atoms with Gasteiger partial charge in [0.15, 0.2) is 0 Å². The quantitative estimate of drug-likeness (QED) is 0.759. The SMILES string of the molecule is CC(C)Oc1ccc(NCc2ccc(OCC3CCCO3)cc2)cc1. The highest BCUT2D eigenvalue weighted by Crippen LogP contribution is 2.19. The van der Waals surface area contributed by atoms with E-state index in [1.54, 1.807) is 0 Å². The molecule has 0 radical (unpaired) electrons. The predicted octanol–water partition coefficient (Wildman–Crippen LogP) is 4.64. The first-order valence-corrected chi connectivity index (χ1v) is 9.03. The summed E-state index contributed by atoms with van der Waals surface area (Å²) in [5.74, 6) is 1.79. The van der Waals surface area contributed by atoms with Crippen LogP contribution in [-0.4, -0.2) is 25.4 Å². The number of nitrogens with one attached hydrogen (secondary N) is 1. The van der Waals surface area contributed by atoms with Gasteiger partial charge in [-0.25, -0.2) is 0 Å². The van der Waals surface area contributed by atoms with Gasteiger partial charge in [-0.3, -0.25) is 0 Å². The Bertz CT molecular complexity index is 631. The van der Waals surface area contributed by atoms with E-state index < -0.39 is 0 Å². The summed E-state index contributed by atoms with van der Waals surface area (Å²) in [4.78, 5) is 0. The van der Waals surface area contributed by atoms with E-state index in [4.69, 9.17) is 14.2 Å². The van der Waals surface area contributed by atoms with E-state index in [1.165, 1.54) is 5.56 Å². The molecule has 4 nitrogen and oxygen atoms in total. The van der Waals surface area contributed by atoms with Crippen molar-refractivity contribution in [2.24, 2.45) is 0 Å². The van der Waals surface area contributed by atoms with Crippen LogP contribution in [0.1, 0.15) is 32.3 Å². The molecule has 134 valence electrons. The van der Waals surface area contributed by atoms with E-state index >= 15 is 0 Å². The van der Waals surface area contributed by atoms with Crippen LogP contribution in [0.4, 0.5) is 5.69 Å². The standard InChI is InChI=1S/C21H27NO3/c1-16(2)25-20-11-7-18(8-12-20)22-14-17-5-9-19(10-6-17)24-15-21-4-3-13-23-21/h5-12,16,21-22H,3-4,13-15H2,1-2H3. The predicted molar refractivity (Wildman–Crippen MR) is 100 cm³/mol. The fourth-order valence-electron chi connectivity index (χ4n) is 2.80. The molecule has 25 heavy (non-hydrogen) atoms. The van der Waals surface area contributed by atoms with Crippen LogP contribution in [0.3, 0.4) is 0 Å². The van der Waals surface area contributed by atoms with Crippen LogP contribution in [0.25, 0.3) is 0 Å². The molecule has 1 saturated heterocycles. The van der Waals surface area contributed by atoms with E-state index in [0.717, 1.165) is 43.2 Å². The highest BCUT2D eigenvalue weighted by atomic mass is 16.5. The van der Waals surface area contributed by atoms with Crippen LogP contribution in [0.5, 0.6) is 11.5 Å². The maximum atomic E-state index is 5.79. The summed E-state index contributed by atoms with van der Waals surface area (Å²) in [5, 5.41) is 3.42. The molecular weight excluding hydrogens is 314 g/mol. The van der Waals surface area contributed by atoms with Crippen molar-refractivity contribution < 1.29 is 14.2 Å². The Labute approximate surface area is 150 Å². The first-order chi connectivity index (χ1) is 12.2. The van der Waals surface area contributed by atoms with Crippen LogP contribution in [0.15, 0.2) is 48.5 Å². The van der Waals surface area contributed by atoms with Gasteiger partial charge >= 0.3 is 0 Å². The van der Waals surface area contributed by atoms with Gasteiger partial charge in [-0.05, 0) is 68.7 Å². The highest BCUT2D eigenvalue weighted by Gasteiger charge is 2.15. The number of rotatable bonds is 8. The van der Waals surface area contributed by atoms with E-state index in [9.17, 15) is 0 Å². The smallest absolute Gasteiger partial charge is 0.119 e. The molecule has 0 bridgehead atoms. The van der Waals surface area contributed by atoms with Gasteiger partial charge in [0.05, 0.1) is 12.2 Å². The average Bonchev–Trinajstić information content (AvgIpc) is 3.13. The third-order valence-corrected chi connectivity index (χ3v) is 4.11. The summed E-state index contributed by atoms with van der Waals surface area (Å²) in [6.45, 7) is 6.34. The van der Waals surface area contributed by atoms with Crippen molar-refractivity contribution in [1.82, 2.24) is 0 Å². The minimum atomic E-state index is 0.194. The molecule has 0 spiro atoms. The van der Waals surface area contributed by atoms with Gasteiger partial charge < -0.3 is 19.5 Å². The van der Waals surface area contributed by atoms with Gasteiger partial charge in [0, 0.05) is 18.8 Å². The fourth-order valence-corrected chi connectivity index (χ4v) is 2.80. The van der Waals surface area contributed by atoms with Crippen LogP contribution < -0.4 is 14.8 Å². The Hall–Kier alpha value is -2.20. The Morgan fingerprint density at radius 2 is 1.76 bits per heavy atom. The normalized spacial score (nSPS) is 16.8. The number of anilines is 1. The molecule has 1 atom stereocenters. The maximum Gasteiger partial charge on any atom is 0.119 e. The lowest BCUT2D eigenvalue weighted by Crippen LogP contribution is -2.16. The van der Waals surface area contributed by atoms with Crippen molar-refractivity contribution in [3.05, 3.63) is 54.1 Å². The topological polar surface area (TPSA) is 39.7 Å². The van der Waals surface area contributed by atoms with E-state index in [-0.39, 0.29) is 12.2 Å². The number of hydrogen-bond donors (Lipinski definition) is 1. The molecule has 1 fully saturated rings. The minimum Gasteiger partial charge on any atom is -0.491 e. The molecule has 1 aliphatic heterocycles. The Balaban J connectivity index is 1.44. The van der Waals surface area contributed by atoms with Crippen LogP contribution >= 0.6 is 0 Å². The molecule has 1 aliphatic rings. The van der Waals surface area contributed by atoms with Crippen molar-refractivity contribution in [1.29, 1.82) is 0 Å². The zero-order chi connectivity index (χ0) is 17.5. The molecule has 0 saturated carbocycles. The molecule has 0 aromatic heterocycles. The minimum absolute atomic E-state index is 0.194. The van der Waals surface area contributed by atoms with Gasteiger partial charge in [0.1, 0.15) is 18.1 Å². The Kier molecular flexibility index (Phi) is 6.18. The molecule has 0 aliphatic carbocycles. The lowest BCUT2D eigenvalue weighted by atomic mass is 10.2. The summed E-state index contributed by atoms with van der Waals surface area (Å²) in [5.41, 5.74) is 2.29. The van der Waals surface area contributed by atoms with Crippen molar-refractivity contribution in [3.63, 3.8) is 0 Å². The molecule has 2 aromatic carbocycles. The summed E-state index contributed by atoms with van der Waals surface area (Å²) in [6, 6.07) is 16.3. The van der Waals surface area contributed by atoms with E-state index in [2.05, 4.69) is 17.4 Å². The van der Waals surface area contributed by atoms with Gasteiger partial charge in [0.2, 0.25) is 0 Å². The molecule has 1 heterocycles. The third kappa shape index (κ3) is 5.68. The zero-order valence-corrected chi connectivity index (χ0v) is 15.0. The molecular formula is C21H27NO3. The lowest BCUT2D eigenvalue weighted by molar-refractivity contribution is 0.0679. The van der Waals surface area contributed by atoms with Crippen molar-refractivity contribution in [3.8, 4) is 11.5 Å². The average molecular weight is 341 g/mol. The van der Waals surface area contributed by atoms with Crippen molar-refractivity contribution in [2.75, 3.05) is 18.5 Å². The summed E-state index contributed by atoms with van der Waals surface area (Å²) < 4.78 is 17.0. The van der Waals surface area contributed by atoms with Gasteiger partial charge in [-0.2, -0.15) is 0 Å². The number of benzene rings is 2. The maximum absolute atomic E-state index is 5.79. The first-order valence-electron chi connectivity index (χ1n) is 9.03. The number of hydrogen-bond acceptors (Lipinski definition) is 4. The molecule has 1 unspecified atom stereocenters. The van der Waals surface area contributed by atoms with Gasteiger partial charge in [-0.1, -0.05) is 12.1 Å². The molecule has 2 aromatic rings. The summed E-state index contributed by atoms with van der Waals surface area (Å²) in [7, 11) is 0. The first kappa shape index (κ1) is 17.6. The van der Waals surface area contributed by atoms with Gasteiger partial charge in [0.25, 0.3) is 0 Å². The van der Waals surface area contributed by atoms with Crippen LogP contribution in [0.2, 0.25) is 0 Å². The fraction of sp³-hybridized carbons (Fsp3) is 0.429. The Morgan fingerprint density at radius 3 is 2.40 bits per heavy atom. The third-order valence-electron chi connectivity index (χ3n) is 4.11. The molecule has 1 N–H and O–H groups in total. The monoisotopic (exact) mass is 341 g/mol. The van der Waals surface area contributed by atoms with Crippen LogP contribution in [0, 0.1) is 0 Å². The lowest BCUT2D eigenvalue weighted by Gasteiger charge is -2.13. The summed E-state index contributed by atoms with van der Waals surface area (Å²) in [6.07, 6.45) is 2.69. The molecule has 3 rings (SSSR count). The van der Waals surface area contributed by atoms with E-state index in [0.29, 0.717) is 6.61 Å². The second kappa shape index (κ2) is 8.77. The van der Waals surface area contributed by atoms with Crippen molar-refractivity contribution >= 4 is 5.69 Å². The molecule has 4 heteroatoms. The van der Waals surface area contributed by atoms with E-state index in [1.807, 2.05) is 50.2 Å². The Morgan fingerprint density at radius 1 is 1.04 bits per heavy atom. The van der Waals surface area contributed by atoms with Crippen LogP contribution in [-0.2, 0) is 11.3 Å². The molecule has 0 amide bonds. The number of ether oxygens (including phenoxy) is 3. The summed E-state index contributed by atoms with van der Waals surface area (Å²) >= 11 is 0. The second-order valence-corrected chi connectivity index (χ2v) is 6.63. The highest BCUT2D eigenvalue weighted by molar-refractivity contribution is 5.47. The van der Waals surface area contributed by atoms with Crippen molar-refractivity contribution in [2.45, 2.75) is 45.4 Å².